The number of hydrogen-bond acceptors (Lipinski definition) is 2. The van der Waals surface area contributed by atoms with Crippen LogP contribution in [0, 0.1) is 6.92 Å². The van der Waals surface area contributed by atoms with Crippen molar-refractivity contribution in [1.29, 1.82) is 0 Å². The van der Waals surface area contributed by atoms with Gasteiger partial charge in [-0.15, -0.1) is 0 Å². The lowest BCUT2D eigenvalue weighted by atomic mass is 9.92. The fourth-order valence-corrected chi connectivity index (χ4v) is 3.01. The minimum Gasteiger partial charge on any atom is -0.490 e. The van der Waals surface area contributed by atoms with Gasteiger partial charge in [0.25, 0.3) is 0 Å². The van der Waals surface area contributed by atoms with Crippen molar-refractivity contribution < 1.29 is 4.74 Å². The van der Waals surface area contributed by atoms with Crippen LogP contribution in [0.25, 0.3) is 0 Å². The van der Waals surface area contributed by atoms with Gasteiger partial charge < -0.3 is 10.1 Å². The zero-order valence-electron chi connectivity index (χ0n) is 13.4. The summed E-state index contributed by atoms with van der Waals surface area (Å²) in [5.41, 5.74) is 2.62. The first-order valence-corrected chi connectivity index (χ1v) is 8.10. The quantitative estimate of drug-likeness (QED) is 0.859. The largest absolute Gasteiger partial charge is 0.490 e. The van der Waals surface area contributed by atoms with E-state index in [1.165, 1.54) is 30.4 Å². The molecular weight excluding hydrogens is 246 g/mol. The van der Waals surface area contributed by atoms with Crippen molar-refractivity contribution in [3.05, 3.63) is 29.3 Å². The van der Waals surface area contributed by atoms with Crippen LogP contribution in [0.15, 0.2) is 18.2 Å². The van der Waals surface area contributed by atoms with Gasteiger partial charge in [0.05, 0.1) is 0 Å². The monoisotopic (exact) mass is 275 g/mol. The van der Waals surface area contributed by atoms with Gasteiger partial charge in [-0.25, -0.2) is 0 Å². The number of benzene rings is 1. The normalized spacial score (nSPS) is 23.1. The Kier molecular flexibility index (Phi) is 5.47. The molecule has 2 atom stereocenters. The van der Waals surface area contributed by atoms with E-state index in [9.17, 15) is 0 Å². The van der Waals surface area contributed by atoms with E-state index in [2.05, 4.69) is 51.2 Å². The summed E-state index contributed by atoms with van der Waals surface area (Å²) >= 11 is 0. The van der Waals surface area contributed by atoms with Crippen molar-refractivity contribution in [2.75, 3.05) is 6.54 Å². The summed E-state index contributed by atoms with van der Waals surface area (Å²) in [6.07, 6.45) is 5.25. The molecule has 2 nitrogen and oxygen atoms in total. The fourth-order valence-electron chi connectivity index (χ4n) is 3.01. The Balaban J connectivity index is 2.03. The van der Waals surface area contributed by atoms with Crippen molar-refractivity contribution in [2.45, 2.75) is 71.4 Å². The molecule has 0 bridgehead atoms. The molecule has 1 aromatic carbocycles. The van der Waals surface area contributed by atoms with Gasteiger partial charge in [-0.2, -0.15) is 0 Å². The van der Waals surface area contributed by atoms with E-state index in [0.717, 1.165) is 18.7 Å². The molecule has 0 heterocycles. The molecule has 0 spiro atoms. The van der Waals surface area contributed by atoms with Gasteiger partial charge in [-0.05, 0) is 62.3 Å². The SMILES string of the molecule is CCNC1CCCC(Oc2cc(C(C)C)ccc2C)C1. The minimum atomic E-state index is 0.369. The molecule has 1 aliphatic carbocycles. The summed E-state index contributed by atoms with van der Waals surface area (Å²) in [6.45, 7) is 9.84. The van der Waals surface area contributed by atoms with Crippen molar-refractivity contribution >= 4 is 0 Å². The predicted molar refractivity (Wildman–Crippen MR) is 85.6 cm³/mol. The van der Waals surface area contributed by atoms with Gasteiger partial charge in [0.1, 0.15) is 11.9 Å². The van der Waals surface area contributed by atoms with Crippen LogP contribution in [0.1, 0.15) is 63.5 Å². The van der Waals surface area contributed by atoms with Crippen LogP contribution in [0.4, 0.5) is 0 Å². The average Bonchev–Trinajstić information content (AvgIpc) is 2.42. The average molecular weight is 275 g/mol. The molecule has 1 fully saturated rings. The number of hydrogen-bond donors (Lipinski definition) is 1. The summed E-state index contributed by atoms with van der Waals surface area (Å²) in [6, 6.07) is 7.27. The van der Waals surface area contributed by atoms with Crippen LogP contribution in [-0.4, -0.2) is 18.7 Å². The Morgan fingerprint density at radius 2 is 2.10 bits per heavy atom. The molecule has 2 rings (SSSR count). The first kappa shape index (κ1) is 15.4. The zero-order chi connectivity index (χ0) is 14.5. The van der Waals surface area contributed by atoms with Crippen LogP contribution in [0.2, 0.25) is 0 Å². The first-order valence-electron chi connectivity index (χ1n) is 8.10. The summed E-state index contributed by atoms with van der Waals surface area (Å²) in [5, 5.41) is 3.56. The van der Waals surface area contributed by atoms with Crippen molar-refractivity contribution in [2.24, 2.45) is 0 Å². The number of ether oxygens (including phenoxy) is 1. The van der Waals surface area contributed by atoms with Crippen molar-refractivity contribution in [1.82, 2.24) is 5.32 Å². The molecule has 2 unspecified atom stereocenters. The maximum absolute atomic E-state index is 6.31. The smallest absolute Gasteiger partial charge is 0.122 e. The molecule has 1 aliphatic rings. The third-order valence-corrected chi connectivity index (χ3v) is 4.29. The van der Waals surface area contributed by atoms with Crippen LogP contribution in [0.3, 0.4) is 0 Å². The van der Waals surface area contributed by atoms with E-state index in [-0.39, 0.29) is 0 Å². The maximum Gasteiger partial charge on any atom is 0.122 e. The Morgan fingerprint density at radius 3 is 2.80 bits per heavy atom. The molecule has 0 saturated heterocycles. The predicted octanol–water partition coefficient (Wildman–Crippen LogP) is 4.42. The highest BCUT2D eigenvalue weighted by molar-refractivity contribution is 5.38. The Bertz CT molecular complexity index is 425. The van der Waals surface area contributed by atoms with Crippen LogP contribution < -0.4 is 10.1 Å². The third kappa shape index (κ3) is 3.99. The van der Waals surface area contributed by atoms with Gasteiger partial charge in [-0.3, -0.25) is 0 Å². The van der Waals surface area contributed by atoms with E-state index in [4.69, 9.17) is 4.74 Å². The molecule has 2 heteroatoms. The topological polar surface area (TPSA) is 21.3 Å². The molecule has 1 aromatic rings. The van der Waals surface area contributed by atoms with Crippen LogP contribution in [-0.2, 0) is 0 Å². The van der Waals surface area contributed by atoms with Gasteiger partial charge in [0.15, 0.2) is 0 Å². The second kappa shape index (κ2) is 7.12. The van der Waals surface area contributed by atoms with Gasteiger partial charge in [0, 0.05) is 6.04 Å². The fraction of sp³-hybridized carbons (Fsp3) is 0.667. The standard InChI is InChI=1S/C18H29NO/c1-5-19-16-7-6-8-17(12-16)20-18-11-15(13(2)3)10-9-14(18)4/h9-11,13,16-17,19H,5-8,12H2,1-4H3. The first-order chi connectivity index (χ1) is 9.60. The molecule has 0 radical (unpaired) electrons. The van der Waals surface area contributed by atoms with E-state index in [1.807, 2.05) is 0 Å². The van der Waals surface area contributed by atoms with E-state index < -0.39 is 0 Å². The Labute approximate surface area is 123 Å². The van der Waals surface area contributed by atoms with Crippen molar-refractivity contribution in [3.8, 4) is 5.75 Å². The molecule has 1 N–H and O–H groups in total. The molecule has 112 valence electrons. The zero-order valence-corrected chi connectivity index (χ0v) is 13.4. The molecule has 0 amide bonds. The lowest BCUT2D eigenvalue weighted by molar-refractivity contribution is 0.134. The second-order valence-electron chi connectivity index (χ2n) is 6.34. The highest BCUT2D eigenvalue weighted by Gasteiger charge is 2.23. The van der Waals surface area contributed by atoms with Crippen LogP contribution >= 0.6 is 0 Å². The number of nitrogens with one attached hydrogen (secondary N) is 1. The van der Waals surface area contributed by atoms with E-state index in [1.54, 1.807) is 0 Å². The summed E-state index contributed by atoms with van der Waals surface area (Å²) in [7, 11) is 0. The van der Waals surface area contributed by atoms with Gasteiger partial charge in [-0.1, -0.05) is 32.9 Å². The summed E-state index contributed by atoms with van der Waals surface area (Å²) < 4.78 is 6.31. The molecule has 20 heavy (non-hydrogen) atoms. The van der Waals surface area contributed by atoms with Crippen LogP contribution in [0.5, 0.6) is 5.75 Å². The Hall–Kier alpha value is -1.02. The van der Waals surface area contributed by atoms with Gasteiger partial charge >= 0.3 is 0 Å². The Morgan fingerprint density at radius 1 is 1.30 bits per heavy atom. The molecule has 0 aliphatic heterocycles. The molecule has 0 aromatic heterocycles. The van der Waals surface area contributed by atoms with Gasteiger partial charge in [0.2, 0.25) is 0 Å². The highest BCUT2D eigenvalue weighted by Crippen LogP contribution is 2.28. The number of aryl methyl sites for hydroxylation is 1. The van der Waals surface area contributed by atoms with E-state index in [0.29, 0.717) is 18.1 Å². The number of rotatable bonds is 5. The molecule has 1 saturated carbocycles. The second-order valence-corrected chi connectivity index (χ2v) is 6.34. The summed E-state index contributed by atoms with van der Waals surface area (Å²) in [5.74, 6) is 1.64. The molecular formula is C18H29NO. The summed E-state index contributed by atoms with van der Waals surface area (Å²) in [4.78, 5) is 0. The van der Waals surface area contributed by atoms with Crippen molar-refractivity contribution in [3.63, 3.8) is 0 Å². The third-order valence-electron chi connectivity index (χ3n) is 4.29. The highest BCUT2D eigenvalue weighted by atomic mass is 16.5. The minimum absolute atomic E-state index is 0.369. The lowest BCUT2D eigenvalue weighted by Crippen LogP contribution is -2.38. The lowest BCUT2D eigenvalue weighted by Gasteiger charge is -2.30. The van der Waals surface area contributed by atoms with E-state index >= 15 is 0 Å². The maximum atomic E-state index is 6.31.